The minimum absolute atomic E-state index is 0.0635. The zero-order valence-corrected chi connectivity index (χ0v) is 46.2. The average Bonchev–Trinajstić information content (AvgIpc) is 3.34. The van der Waals surface area contributed by atoms with Gasteiger partial charge in [-0.05, 0) is 44.9 Å². The maximum Gasteiger partial charge on any atom is 0.306 e. The normalized spacial score (nSPS) is 12.0. The predicted molar refractivity (Wildman–Crippen MR) is 293 cm³/mol. The topological polar surface area (TPSA) is 78.9 Å². The Balaban J connectivity index is 4.16. The van der Waals surface area contributed by atoms with E-state index in [-0.39, 0.29) is 31.1 Å². The van der Waals surface area contributed by atoms with Crippen molar-refractivity contribution in [1.29, 1.82) is 0 Å². The van der Waals surface area contributed by atoms with Gasteiger partial charge in [-0.15, -0.1) is 0 Å². The van der Waals surface area contributed by atoms with E-state index in [1.165, 1.54) is 250 Å². The fourth-order valence-electron chi connectivity index (χ4n) is 9.38. The second-order valence-corrected chi connectivity index (χ2v) is 21.0. The third kappa shape index (κ3) is 55.1. The van der Waals surface area contributed by atoms with Gasteiger partial charge in [0.1, 0.15) is 13.2 Å². The number of hydrogen-bond acceptors (Lipinski definition) is 6. The highest BCUT2D eigenvalue weighted by molar-refractivity contribution is 5.71. The smallest absolute Gasteiger partial charge is 0.306 e. The molecule has 0 aliphatic rings. The molecule has 68 heavy (non-hydrogen) atoms. The summed E-state index contributed by atoms with van der Waals surface area (Å²) < 4.78 is 16.9. The summed E-state index contributed by atoms with van der Waals surface area (Å²) in [6.45, 7) is 6.69. The minimum Gasteiger partial charge on any atom is -0.462 e. The lowest BCUT2D eigenvalue weighted by Gasteiger charge is -2.18. The van der Waals surface area contributed by atoms with Crippen molar-refractivity contribution in [2.45, 2.75) is 354 Å². The Morgan fingerprint density at radius 1 is 0.279 bits per heavy atom. The molecule has 0 aliphatic carbocycles. The number of carbonyl (C=O) groups is 3. The SMILES string of the molecule is CCCCCCCCCC/C=C\CCCCCCCCCCCCCCCC(=O)OCC(COC(=O)CCCCCCCCCCCCCC)OC(=O)CCCCCCCCCCCCCCC. The minimum atomic E-state index is -0.763. The van der Waals surface area contributed by atoms with Crippen LogP contribution in [0.1, 0.15) is 348 Å². The van der Waals surface area contributed by atoms with Crippen LogP contribution in [-0.4, -0.2) is 37.2 Å². The summed E-state index contributed by atoms with van der Waals surface area (Å²) in [5.41, 5.74) is 0. The Morgan fingerprint density at radius 2 is 0.485 bits per heavy atom. The van der Waals surface area contributed by atoms with Gasteiger partial charge >= 0.3 is 17.9 Å². The lowest BCUT2D eigenvalue weighted by molar-refractivity contribution is -0.167. The largest absolute Gasteiger partial charge is 0.462 e. The molecule has 0 amide bonds. The summed E-state index contributed by atoms with van der Waals surface area (Å²) in [6.07, 6.45) is 66.5. The van der Waals surface area contributed by atoms with Crippen molar-refractivity contribution in [3.63, 3.8) is 0 Å². The molecule has 6 heteroatoms. The third-order valence-corrected chi connectivity index (χ3v) is 14.0. The van der Waals surface area contributed by atoms with Gasteiger partial charge in [-0.1, -0.05) is 296 Å². The van der Waals surface area contributed by atoms with Crippen LogP contribution in [0.3, 0.4) is 0 Å². The Kier molecular flexibility index (Phi) is 56.2. The molecular weight excluding hydrogens is 841 g/mol. The molecule has 6 nitrogen and oxygen atoms in total. The van der Waals surface area contributed by atoms with Crippen molar-refractivity contribution in [3.05, 3.63) is 12.2 Å². The third-order valence-electron chi connectivity index (χ3n) is 14.0. The van der Waals surface area contributed by atoms with Crippen LogP contribution in [0.2, 0.25) is 0 Å². The molecule has 0 rings (SSSR count). The standard InChI is InChI=1S/C62H118O6/c1-4-7-10-13-16-19-22-25-26-27-28-29-30-31-32-33-34-35-36-38-40-43-46-49-52-55-61(64)67-58-59(57-66-60(63)54-51-48-45-42-39-24-21-18-15-12-9-6-3)68-62(65)56-53-50-47-44-41-37-23-20-17-14-11-8-5-2/h27-28,59H,4-26,29-58H2,1-3H3/b28-27-. The van der Waals surface area contributed by atoms with Gasteiger partial charge < -0.3 is 14.2 Å². The fraction of sp³-hybridized carbons (Fsp3) is 0.919. The Hall–Kier alpha value is -1.85. The summed E-state index contributed by atoms with van der Waals surface area (Å²) in [4.78, 5) is 38.1. The van der Waals surface area contributed by atoms with Gasteiger partial charge in [0.05, 0.1) is 0 Å². The summed E-state index contributed by atoms with van der Waals surface area (Å²) in [7, 11) is 0. The van der Waals surface area contributed by atoms with Gasteiger partial charge in [0.25, 0.3) is 0 Å². The van der Waals surface area contributed by atoms with Crippen molar-refractivity contribution in [3.8, 4) is 0 Å². The van der Waals surface area contributed by atoms with Crippen molar-refractivity contribution in [2.75, 3.05) is 13.2 Å². The first-order chi connectivity index (χ1) is 33.5. The van der Waals surface area contributed by atoms with Crippen LogP contribution in [0, 0.1) is 0 Å². The number of carbonyl (C=O) groups excluding carboxylic acids is 3. The maximum absolute atomic E-state index is 12.8. The molecule has 0 saturated carbocycles. The predicted octanol–water partition coefficient (Wildman–Crippen LogP) is 20.5. The van der Waals surface area contributed by atoms with E-state index >= 15 is 0 Å². The van der Waals surface area contributed by atoms with Crippen molar-refractivity contribution >= 4 is 17.9 Å². The number of hydrogen-bond donors (Lipinski definition) is 0. The zero-order chi connectivity index (χ0) is 49.3. The number of allylic oxidation sites excluding steroid dienone is 2. The fourth-order valence-corrected chi connectivity index (χ4v) is 9.38. The van der Waals surface area contributed by atoms with Gasteiger partial charge in [-0.3, -0.25) is 14.4 Å². The van der Waals surface area contributed by atoms with Crippen molar-refractivity contribution in [1.82, 2.24) is 0 Å². The second-order valence-electron chi connectivity index (χ2n) is 21.0. The van der Waals surface area contributed by atoms with Gasteiger partial charge in [0.15, 0.2) is 6.10 Å². The molecular formula is C62H118O6. The molecule has 0 saturated heterocycles. The first-order valence-electron chi connectivity index (χ1n) is 30.7. The van der Waals surface area contributed by atoms with E-state index in [4.69, 9.17) is 14.2 Å². The summed E-state index contributed by atoms with van der Waals surface area (Å²) in [5, 5.41) is 0. The van der Waals surface area contributed by atoms with Gasteiger partial charge in [-0.25, -0.2) is 0 Å². The number of esters is 3. The Morgan fingerprint density at radius 3 is 0.735 bits per heavy atom. The van der Waals surface area contributed by atoms with Crippen LogP contribution in [0.15, 0.2) is 12.2 Å². The first kappa shape index (κ1) is 66.2. The van der Waals surface area contributed by atoms with Crippen LogP contribution >= 0.6 is 0 Å². The highest BCUT2D eigenvalue weighted by Gasteiger charge is 2.19. The Bertz CT molecular complexity index is 1060. The molecule has 0 aliphatic heterocycles. The first-order valence-corrected chi connectivity index (χ1v) is 30.7. The summed E-state index contributed by atoms with van der Waals surface area (Å²) in [5.74, 6) is -0.838. The molecule has 0 radical (unpaired) electrons. The molecule has 0 N–H and O–H groups in total. The Labute approximate surface area is 424 Å². The monoisotopic (exact) mass is 959 g/mol. The van der Waals surface area contributed by atoms with E-state index in [1.807, 2.05) is 0 Å². The lowest BCUT2D eigenvalue weighted by Crippen LogP contribution is -2.30. The second kappa shape index (κ2) is 57.7. The lowest BCUT2D eigenvalue weighted by atomic mass is 10.0. The van der Waals surface area contributed by atoms with E-state index in [2.05, 4.69) is 32.9 Å². The molecule has 0 aromatic rings. The van der Waals surface area contributed by atoms with Gasteiger partial charge in [0.2, 0.25) is 0 Å². The van der Waals surface area contributed by atoms with Crippen LogP contribution in [0.5, 0.6) is 0 Å². The molecule has 0 aromatic heterocycles. The van der Waals surface area contributed by atoms with E-state index in [9.17, 15) is 14.4 Å². The number of rotatable bonds is 57. The molecule has 0 heterocycles. The quantitative estimate of drug-likeness (QED) is 0.0262. The van der Waals surface area contributed by atoms with E-state index in [1.54, 1.807) is 0 Å². The van der Waals surface area contributed by atoms with Crippen molar-refractivity contribution in [2.24, 2.45) is 0 Å². The molecule has 1 unspecified atom stereocenters. The molecule has 402 valence electrons. The van der Waals surface area contributed by atoms with Crippen LogP contribution in [0.25, 0.3) is 0 Å². The maximum atomic E-state index is 12.8. The molecule has 0 bridgehead atoms. The summed E-state index contributed by atoms with van der Waals surface area (Å²) >= 11 is 0. The summed E-state index contributed by atoms with van der Waals surface area (Å²) in [6, 6.07) is 0. The van der Waals surface area contributed by atoms with Gasteiger partial charge in [-0.2, -0.15) is 0 Å². The number of unbranched alkanes of at least 4 members (excludes halogenated alkanes) is 44. The zero-order valence-electron chi connectivity index (χ0n) is 46.2. The van der Waals surface area contributed by atoms with E-state index in [0.29, 0.717) is 19.3 Å². The average molecular weight is 960 g/mol. The van der Waals surface area contributed by atoms with Crippen LogP contribution in [0.4, 0.5) is 0 Å². The molecule has 1 atom stereocenters. The van der Waals surface area contributed by atoms with Crippen molar-refractivity contribution < 1.29 is 28.6 Å². The number of ether oxygens (including phenoxy) is 3. The molecule has 0 fully saturated rings. The van der Waals surface area contributed by atoms with E-state index in [0.717, 1.165) is 57.8 Å². The molecule has 0 aromatic carbocycles. The highest BCUT2D eigenvalue weighted by atomic mass is 16.6. The van der Waals surface area contributed by atoms with Crippen LogP contribution in [-0.2, 0) is 28.6 Å². The van der Waals surface area contributed by atoms with Crippen LogP contribution < -0.4 is 0 Å². The van der Waals surface area contributed by atoms with E-state index < -0.39 is 6.10 Å². The molecule has 0 spiro atoms. The highest BCUT2D eigenvalue weighted by Crippen LogP contribution is 2.17. The van der Waals surface area contributed by atoms with Gasteiger partial charge in [0, 0.05) is 19.3 Å².